The summed E-state index contributed by atoms with van der Waals surface area (Å²) in [5, 5.41) is 6.07. The zero-order chi connectivity index (χ0) is 14.5. The lowest BCUT2D eigenvalue weighted by Gasteiger charge is -2.16. The first-order valence-corrected chi connectivity index (χ1v) is 7.24. The summed E-state index contributed by atoms with van der Waals surface area (Å²) in [7, 11) is 0. The highest BCUT2D eigenvalue weighted by molar-refractivity contribution is 9.10. The second-order valence-corrected chi connectivity index (χ2v) is 5.56. The Labute approximate surface area is 127 Å². The Kier molecular flexibility index (Phi) is 4.79. The van der Waals surface area contributed by atoms with Gasteiger partial charge in [0.15, 0.2) is 0 Å². The molecule has 2 aromatic rings. The number of para-hydroxylation sites is 1. The summed E-state index contributed by atoms with van der Waals surface area (Å²) < 4.78 is 0.940. The van der Waals surface area contributed by atoms with Crippen molar-refractivity contribution in [3.8, 4) is 0 Å². The summed E-state index contributed by atoms with van der Waals surface area (Å²) in [5.74, 6) is -0.0652. The molecule has 1 unspecified atom stereocenters. The number of hydrogen-bond acceptors (Lipinski definition) is 2. The number of benzene rings is 2. The zero-order valence-corrected chi connectivity index (χ0v) is 13.1. The van der Waals surface area contributed by atoms with Crippen LogP contribution in [0.1, 0.15) is 12.5 Å². The van der Waals surface area contributed by atoms with Crippen LogP contribution in [-0.4, -0.2) is 11.9 Å². The van der Waals surface area contributed by atoms with E-state index in [4.69, 9.17) is 0 Å². The predicted molar refractivity (Wildman–Crippen MR) is 87.0 cm³/mol. The number of carbonyl (C=O) groups is 1. The Morgan fingerprint density at radius 2 is 1.75 bits per heavy atom. The van der Waals surface area contributed by atoms with Gasteiger partial charge < -0.3 is 10.6 Å². The lowest BCUT2D eigenvalue weighted by Crippen LogP contribution is -2.31. The summed E-state index contributed by atoms with van der Waals surface area (Å²) in [6, 6.07) is 15.2. The number of amides is 1. The Morgan fingerprint density at radius 3 is 2.40 bits per heavy atom. The van der Waals surface area contributed by atoms with E-state index in [1.807, 2.05) is 62.4 Å². The number of hydrogen-bond donors (Lipinski definition) is 2. The van der Waals surface area contributed by atoms with Crippen LogP contribution in [0.2, 0.25) is 0 Å². The smallest absolute Gasteiger partial charge is 0.246 e. The molecule has 1 amide bonds. The summed E-state index contributed by atoms with van der Waals surface area (Å²) in [5.41, 5.74) is 2.88. The molecule has 0 spiro atoms. The molecule has 0 fully saturated rings. The maximum atomic E-state index is 12.1. The molecule has 2 N–H and O–H groups in total. The van der Waals surface area contributed by atoms with Gasteiger partial charge in [-0.05, 0) is 54.0 Å². The molecule has 0 saturated heterocycles. The van der Waals surface area contributed by atoms with E-state index in [2.05, 4.69) is 26.6 Å². The molecule has 3 nitrogen and oxygen atoms in total. The van der Waals surface area contributed by atoms with Crippen molar-refractivity contribution < 1.29 is 4.79 Å². The quantitative estimate of drug-likeness (QED) is 0.881. The van der Waals surface area contributed by atoms with Gasteiger partial charge in [0.05, 0.1) is 0 Å². The molecule has 2 rings (SSSR count). The average Bonchev–Trinajstić information content (AvgIpc) is 2.44. The van der Waals surface area contributed by atoms with Gasteiger partial charge in [0.25, 0.3) is 0 Å². The first-order chi connectivity index (χ1) is 9.56. The van der Waals surface area contributed by atoms with Crippen LogP contribution in [0.3, 0.4) is 0 Å². The standard InChI is InChI=1S/C16H17BrN2O/c1-11-7-9-13(10-8-11)19-16(20)12(2)18-15-6-4-3-5-14(15)17/h3-10,12,18H,1-2H3,(H,19,20). The molecule has 2 aromatic carbocycles. The predicted octanol–water partition coefficient (Wildman–Crippen LogP) is 4.20. The highest BCUT2D eigenvalue weighted by Crippen LogP contribution is 2.22. The molecule has 104 valence electrons. The molecular formula is C16H17BrN2O. The van der Waals surface area contributed by atoms with E-state index >= 15 is 0 Å². The van der Waals surface area contributed by atoms with Crippen LogP contribution in [0.15, 0.2) is 53.0 Å². The third-order valence-corrected chi connectivity index (χ3v) is 3.65. The van der Waals surface area contributed by atoms with Gasteiger partial charge in [-0.2, -0.15) is 0 Å². The van der Waals surface area contributed by atoms with Crippen molar-refractivity contribution in [2.24, 2.45) is 0 Å². The van der Waals surface area contributed by atoms with E-state index in [1.54, 1.807) is 0 Å². The van der Waals surface area contributed by atoms with E-state index in [0.29, 0.717) is 0 Å². The fourth-order valence-corrected chi connectivity index (χ4v) is 2.16. The Bertz CT molecular complexity index is 596. The van der Waals surface area contributed by atoms with Crippen molar-refractivity contribution in [3.63, 3.8) is 0 Å². The molecule has 20 heavy (non-hydrogen) atoms. The van der Waals surface area contributed by atoms with Crippen LogP contribution in [0.25, 0.3) is 0 Å². The monoisotopic (exact) mass is 332 g/mol. The van der Waals surface area contributed by atoms with Crippen LogP contribution in [0, 0.1) is 6.92 Å². The molecule has 0 radical (unpaired) electrons. The summed E-state index contributed by atoms with van der Waals surface area (Å²) in [6.07, 6.45) is 0. The molecular weight excluding hydrogens is 316 g/mol. The van der Waals surface area contributed by atoms with E-state index in [1.165, 1.54) is 5.56 Å². The highest BCUT2D eigenvalue weighted by atomic mass is 79.9. The van der Waals surface area contributed by atoms with Crippen LogP contribution >= 0.6 is 15.9 Å². The minimum atomic E-state index is -0.324. The van der Waals surface area contributed by atoms with Crippen LogP contribution in [0.4, 0.5) is 11.4 Å². The van der Waals surface area contributed by atoms with Gasteiger partial charge in [0.2, 0.25) is 5.91 Å². The molecule has 0 aliphatic carbocycles. The van der Waals surface area contributed by atoms with E-state index < -0.39 is 0 Å². The minimum absolute atomic E-state index is 0.0652. The maximum absolute atomic E-state index is 12.1. The van der Waals surface area contributed by atoms with Crippen LogP contribution in [0.5, 0.6) is 0 Å². The summed E-state index contributed by atoms with van der Waals surface area (Å²) in [6.45, 7) is 3.85. The fourth-order valence-electron chi connectivity index (χ4n) is 1.76. The molecule has 0 bridgehead atoms. The number of anilines is 2. The Morgan fingerprint density at radius 1 is 1.10 bits per heavy atom. The van der Waals surface area contributed by atoms with E-state index in [0.717, 1.165) is 15.8 Å². The SMILES string of the molecule is Cc1ccc(NC(=O)C(C)Nc2ccccc2Br)cc1. The molecule has 1 atom stereocenters. The molecule has 0 saturated carbocycles. The van der Waals surface area contributed by atoms with E-state index in [-0.39, 0.29) is 11.9 Å². The van der Waals surface area contributed by atoms with Crippen molar-refractivity contribution in [2.45, 2.75) is 19.9 Å². The molecule has 0 aliphatic rings. The molecule has 0 aliphatic heterocycles. The molecule has 0 heterocycles. The number of nitrogens with one attached hydrogen (secondary N) is 2. The fraction of sp³-hybridized carbons (Fsp3) is 0.188. The second-order valence-electron chi connectivity index (χ2n) is 4.70. The van der Waals surface area contributed by atoms with Crippen LogP contribution in [-0.2, 0) is 4.79 Å². The number of rotatable bonds is 4. The third-order valence-electron chi connectivity index (χ3n) is 2.96. The van der Waals surface area contributed by atoms with Crippen molar-refractivity contribution in [2.75, 3.05) is 10.6 Å². The first-order valence-electron chi connectivity index (χ1n) is 6.45. The second kappa shape index (κ2) is 6.57. The van der Waals surface area contributed by atoms with E-state index in [9.17, 15) is 4.79 Å². The number of aryl methyl sites for hydroxylation is 1. The van der Waals surface area contributed by atoms with Crippen molar-refractivity contribution in [1.82, 2.24) is 0 Å². The Hall–Kier alpha value is -1.81. The lowest BCUT2D eigenvalue weighted by atomic mass is 10.2. The molecule has 4 heteroatoms. The van der Waals surface area contributed by atoms with Gasteiger partial charge in [0, 0.05) is 15.8 Å². The average molecular weight is 333 g/mol. The topological polar surface area (TPSA) is 41.1 Å². The van der Waals surface area contributed by atoms with Gasteiger partial charge in [-0.25, -0.2) is 0 Å². The highest BCUT2D eigenvalue weighted by Gasteiger charge is 2.13. The van der Waals surface area contributed by atoms with Gasteiger partial charge in [0.1, 0.15) is 6.04 Å². The maximum Gasteiger partial charge on any atom is 0.246 e. The zero-order valence-electron chi connectivity index (χ0n) is 11.5. The van der Waals surface area contributed by atoms with Gasteiger partial charge in [-0.15, -0.1) is 0 Å². The summed E-state index contributed by atoms with van der Waals surface area (Å²) >= 11 is 3.45. The summed E-state index contributed by atoms with van der Waals surface area (Å²) in [4.78, 5) is 12.1. The molecule has 0 aromatic heterocycles. The normalized spacial score (nSPS) is 11.8. The number of halogens is 1. The largest absolute Gasteiger partial charge is 0.373 e. The van der Waals surface area contributed by atoms with Crippen molar-refractivity contribution >= 4 is 33.2 Å². The lowest BCUT2D eigenvalue weighted by molar-refractivity contribution is -0.116. The van der Waals surface area contributed by atoms with Crippen LogP contribution < -0.4 is 10.6 Å². The van der Waals surface area contributed by atoms with Gasteiger partial charge >= 0.3 is 0 Å². The number of carbonyl (C=O) groups excluding carboxylic acids is 1. The van der Waals surface area contributed by atoms with Crippen molar-refractivity contribution in [3.05, 3.63) is 58.6 Å². The van der Waals surface area contributed by atoms with Gasteiger partial charge in [-0.1, -0.05) is 29.8 Å². The minimum Gasteiger partial charge on any atom is -0.373 e. The van der Waals surface area contributed by atoms with Crippen molar-refractivity contribution in [1.29, 1.82) is 0 Å². The van der Waals surface area contributed by atoms with Gasteiger partial charge in [-0.3, -0.25) is 4.79 Å². The third kappa shape index (κ3) is 3.84. The first kappa shape index (κ1) is 14.6. The Balaban J connectivity index is 1.99.